The first kappa shape index (κ1) is 18.6. The van der Waals surface area contributed by atoms with Crippen LogP contribution in [0.1, 0.15) is 24.8 Å². The van der Waals surface area contributed by atoms with Gasteiger partial charge in [-0.3, -0.25) is 14.6 Å². The Morgan fingerprint density at radius 3 is 2.24 bits per heavy atom. The number of aromatic nitrogens is 1. The van der Waals surface area contributed by atoms with Gasteiger partial charge in [0.25, 0.3) is 0 Å². The van der Waals surface area contributed by atoms with Gasteiger partial charge in [0, 0.05) is 51.6 Å². The molecule has 132 valence electrons. The van der Waals surface area contributed by atoms with E-state index in [2.05, 4.69) is 4.98 Å². The van der Waals surface area contributed by atoms with E-state index in [4.69, 9.17) is 0 Å². The Morgan fingerprint density at radius 1 is 0.920 bits per heavy atom. The third-order valence-electron chi connectivity index (χ3n) is 4.21. The maximum atomic E-state index is 12.2. The summed E-state index contributed by atoms with van der Waals surface area (Å²) in [6.45, 7) is 0.667. The number of carbonyl (C=O) groups excluding carboxylic acids is 2. The van der Waals surface area contributed by atoms with Crippen LogP contribution in [0.4, 0.5) is 5.69 Å². The number of pyridine rings is 1. The van der Waals surface area contributed by atoms with Crippen molar-refractivity contribution in [2.45, 2.75) is 25.7 Å². The van der Waals surface area contributed by atoms with Crippen molar-refractivity contribution in [1.82, 2.24) is 9.88 Å². The van der Waals surface area contributed by atoms with E-state index in [1.807, 2.05) is 42.5 Å². The van der Waals surface area contributed by atoms with Crippen LogP contribution in [0.5, 0.6) is 0 Å². The molecule has 0 N–H and O–H groups in total. The fraction of sp³-hybridized carbons (Fsp3) is 0.350. The maximum Gasteiger partial charge on any atom is 0.226 e. The zero-order chi connectivity index (χ0) is 18.1. The number of nitrogens with zero attached hydrogens (tertiary/aromatic N) is 3. The van der Waals surface area contributed by atoms with E-state index in [-0.39, 0.29) is 11.8 Å². The molecular formula is C20H25N3O2. The Balaban J connectivity index is 1.69. The van der Waals surface area contributed by atoms with Crippen LogP contribution in [0.2, 0.25) is 0 Å². The minimum Gasteiger partial charge on any atom is -0.345 e. The summed E-state index contributed by atoms with van der Waals surface area (Å²) in [5.74, 6) is 0.0997. The second kappa shape index (κ2) is 9.57. The molecule has 0 spiro atoms. The average molecular weight is 339 g/mol. The van der Waals surface area contributed by atoms with Gasteiger partial charge in [-0.05, 0) is 42.7 Å². The lowest BCUT2D eigenvalue weighted by molar-refractivity contribution is -0.130. The molecule has 0 radical (unpaired) electrons. The summed E-state index contributed by atoms with van der Waals surface area (Å²) in [5, 5.41) is 0. The van der Waals surface area contributed by atoms with E-state index >= 15 is 0 Å². The molecule has 25 heavy (non-hydrogen) atoms. The van der Waals surface area contributed by atoms with Crippen molar-refractivity contribution in [3.05, 3.63) is 60.4 Å². The van der Waals surface area contributed by atoms with E-state index in [1.165, 1.54) is 0 Å². The second-order valence-electron chi connectivity index (χ2n) is 6.06. The fourth-order valence-corrected chi connectivity index (χ4v) is 2.52. The van der Waals surface area contributed by atoms with Crippen molar-refractivity contribution >= 4 is 17.5 Å². The molecule has 0 bridgehead atoms. The number of hydrogen-bond donors (Lipinski definition) is 0. The van der Waals surface area contributed by atoms with Gasteiger partial charge < -0.3 is 9.80 Å². The predicted molar refractivity (Wildman–Crippen MR) is 99.3 cm³/mol. The Hall–Kier alpha value is -2.69. The van der Waals surface area contributed by atoms with Gasteiger partial charge in [-0.25, -0.2) is 0 Å². The third-order valence-corrected chi connectivity index (χ3v) is 4.21. The smallest absolute Gasteiger partial charge is 0.226 e. The highest BCUT2D eigenvalue weighted by atomic mass is 16.2. The average Bonchev–Trinajstić information content (AvgIpc) is 2.66. The largest absolute Gasteiger partial charge is 0.345 e. The van der Waals surface area contributed by atoms with Crippen molar-refractivity contribution in [2.75, 3.05) is 25.5 Å². The third kappa shape index (κ3) is 6.03. The van der Waals surface area contributed by atoms with E-state index in [1.54, 1.807) is 36.3 Å². The molecule has 0 unspecified atom stereocenters. The van der Waals surface area contributed by atoms with E-state index in [0.29, 0.717) is 25.8 Å². The summed E-state index contributed by atoms with van der Waals surface area (Å²) in [5.41, 5.74) is 2.03. The lowest BCUT2D eigenvalue weighted by atomic mass is 10.1. The molecule has 0 atom stereocenters. The Morgan fingerprint density at radius 2 is 1.56 bits per heavy atom. The molecule has 1 aromatic carbocycles. The molecule has 5 heteroatoms. The highest BCUT2D eigenvalue weighted by Gasteiger charge is 2.13. The number of benzene rings is 1. The SMILES string of the molecule is CN(CCc1ccncc1)C(=O)CCCC(=O)N(C)c1ccccc1. The van der Waals surface area contributed by atoms with Crippen LogP contribution in [-0.4, -0.2) is 42.3 Å². The number of hydrogen-bond acceptors (Lipinski definition) is 3. The number of anilines is 1. The number of para-hydroxylation sites is 1. The molecule has 0 aliphatic heterocycles. The molecule has 5 nitrogen and oxygen atoms in total. The molecule has 0 aliphatic rings. The molecule has 0 saturated carbocycles. The van der Waals surface area contributed by atoms with Crippen LogP contribution >= 0.6 is 0 Å². The van der Waals surface area contributed by atoms with Gasteiger partial charge in [0.05, 0.1) is 0 Å². The second-order valence-corrected chi connectivity index (χ2v) is 6.06. The predicted octanol–water partition coefficient (Wildman–Crippen LogP) is 2.92. The summed E-state index contributed by atoms with van der Waals surface area (Å²) >= 11 is 0. The highest BCUT2D eigenvalue weighted by molar-refractivity contribution is 5.92. The van der Waals surface area contributed by atoms with Crippen LogP contribution in [0.15, 0.2) is 54.9 Å². The normalized spacial score (nSPS) is 10.3. The van der Waals surface area contributed by atoms with Crippen LogP contribution in [0.25, 0.3) is 0 Å². The zero-order valence-corrected chi connectivity index (χ0v) is 14.9. The van der Waals surface area contributed by atoms with Gasteiger partial charge in [-0.15, -0.1) is 0 Å². The van der Waals surface area contributed by atoms with E-state index < -0.39 is 0 Å². The summed E-state index contributed by atoms with van der Waals surface area (Å²) < 4.78 is 0. The van der Waals surface area contributed by atoms with Gasteiger partial charge in [-0.2, -0.15) is 0 Å². The van der Waals surface area contributed by atoms with Gasteiger partial charge >= 0.3 is 0 Å². The minimum absolute atomic E-state index is 0.0263. The minimum atomic E-state index is 0.0263. The number of rotatable bonds is 8. The lowest BCUT2D eigenvalue weighted by Gasteiger charge is -2.19. The Kier molecular flexibility index (Phi) is 7.14. The van der Waals surface area contributed by atoms with Crippen molar-refractivity contribution in [2.24, 2.45) is 0 Å². The quantitative estimate of drug-likeness (QED) is 0.743. The highest BCUT2D eigenvalue weighted by Crippen LogP contribution is 2.13. The number of likely N-dealkylation sites (N-methyl/N-ethyl adjacent to an activating group) is 1. The fourth-order valence-electron chi connectivity index (χ4n) is 2.52. The van der Waals surface area contributed by atoms with Gasteiger partial charge in [-0.1, -0.05) is 18.2 Å². The molecule has 1 heterocycles. The zero-order valence-electron chi connectivity index (χ0n) is 14.9. The first-order chi connectivity index (χ1) is 12.1. The molecule has 0 aliphatic carbocycles. The van der Waals surface area contributed by atoms with Gasteiger partial charge in [0.2, 0.25) is 11.8 Å². The van der Waals surface area contributed by atoms with Crippen molar-refractivity contribution in [1.29, 1.82) is 0 Å². The van der Waals surface area contributed by atoms with Crippen molar-refractivity contribution in [3.8, 4) is 0 Å². The van der Waals surface area contributed by atoms with Crippen LogP contribution in [0.3, 0.4) is 0 Å². The molecule has 0 saturated heterocycles. The van der Waals surface area contributed by atoms with E-state index in [9.17, 15) is 9.59 Å². The summed E-state index contributed by atoms with van der Waals surface area (Å²) in [4.78, 5) is 31.7. The van der Waals surface area contributed by atoms with Gasteiger partial charge in [0.1, 0.15) is 0 Å². The first-order valence-electron chi connectivity index (χ1n) is 8.52. The lowest BCUT2D eigenvalue weighted by Crippen LogP contribution is -2.29. The monoisotopic (exact) mass is 339 g/mol. The molecule has 2 aromatic rings. The van der Waals surface area contributed by atoms with Gasteiger partial charge in [0.15, 0.2) is 0 Å². The Labute approximate surface area is 149 Å². The topological polar surface area (TPSA) is 53.5 Å². The van der Waals surface area contributed by atoms with Crippen LogP contribution < -0.4 is 4.90 Å². The first-order valence-corrected chi connectivity index (χ1v) is 8.52. The number of amides is 2. The van der Waals surface area contributed by atoms with Crippen molar-refractivity contribution in [3.63, 3.8) is 0 Å². The summed E-state index contributed by atoms with van der Waals surface area (Å²) in [6, 6.07) is 13.4. The summed E-state index contributed by atoms with van der Waals surface area (Å²) in [7, 11) is 3.57. The number of carbonyl (C=O) groups is 2. The molecule has 0 fully saturated rings. The molecule has 2 amide bonds. The Bertz CT molecular complexity index is 674. The molecular weight excluding hydrogens is 314 g/mol. The standard InChI is InChI=1S/C20H25N3O2/c1-22(16-13-17-11-14-21-15-12-17)19(24)9-6-10-20(25)23(2)18-7-4-3-5-8-18/h3-5,7-8,11-12,14-15H,6,9-10,13,16H2,1-2H3. The summed E-state index contributed by atoms with van der Waals surface area (Å²) in [6.07, 6.45) is 5.64. The van der Waals surface area contributed by atoms with E-state index in [0.717, 1.165) is 17.7 Å². The molecule has 2 rings (SSSR count). The van der Waals surface area contributed by atoms with Crippen molar-refractivity contribution < 1.29 is 9.59 Å². The van der Waals surface area contributed by atoms with Crippen LogP contribution in [-0.2, 0) is 16.0 Å². The maximum absolute atomic E-state index is 12.2. The van der Waals surface area contributed by atoms with Crippen LogP contribution in [0, 0.1) is 0 Å². The molecule has 1 aromatic heterocycles.